The summed E-state index contributed by atoms with van der Waals surface area (Å²) in [6.45, 7) is 2.20. The van der Waals surface area contributed by atoms with Gasteiger partial charge in [-0.2, -0.15) is 0 Å². The van der Waals surface area contributed by atoms with Crippen molar-refractivity contribution in [1.29, 1.82) is 0 Å². The lowest BCUT2D eigenvalue weighted by atomic mass is 10.0. The molecule has 0 radical (unpaired) electrons. The van der Waals surface area contributed by atoms with Crippen molar-refractivity contribution in [2.24, 2.45) is 0 Å². The van der Waals surface area contributed by atoms with Gasteiger partial charge in [-0.3, -0.25) is 0 Å². The number of rotatable bonds is 0. The molecule has 0 heteroatoms. The van der Waals surface area contributed by atoms with Crippen molar-refractivity contribution in [2.45, 2.75) is 20.8 Å². The summed E-state index contributed by atoms with van der Waals surface area (Å²) in [5.74, 6) is 0. The Kier molecular flexibility index (Phi) is 2.36. The number of fused-ring (bicyclic) bond motifs is 3. The maximum atomic E-state index is 2.23. The average molecular weight is 196 g/mol. The van der Waals surface area contributed by atoms with Gasteiger partial charge in [0.05, 0.1) is 0 Å². The fraction of sp³-hybridized carbons (Fsp3) is 0.200. The van der Waals surface area contributed by atoms with Crippen LogP contribution in [0.4, 0.5) is 0 Å². The zero-order valence-corrected chi connectivity index (χ0v) is 8.25. The summed E-state index contributed by atoms with van der Waals surface area (Å²) >= 11 is 0. The molecule has 0 aliphatic heterocycles. The minimum Gasteiger partial charge on any atom is -0.0776 e. The van der Waals surface area contributed by atoms with Crippen molar-refractivity contribution in [3.05, 3.63) is 59.2 Å². The van der Waals surface area contributed by atoms with Crippen LogP contribution in [0.5, 0.6) is 0 Å². The van der Waals surface area contributed by atoms with Crippen LogP contribution in [0, 0.1) is 6.92 Å². The predicted molar refractivity (Wildman–Crippen MR) is 66.2 cm³/mol. The Morgan fingerprint density at radius 1 is 0.867 bits per heavy atom. The summed E-state index contributed by atoms with van der Waals surface area (Å²) in [6, 6.07) is 15.3. The Bertz CT molecular complexity index is 495. The van der Waals surface area contributed by atoms with Crippen molar-refractivity contribution in [2.75, 3.05) is 0 Å². The number of hydrogen-bond donors (Lipinski definition) is 0. The van der Waals surface area contributed by atoms with E-state index in [1.165, 1.54) is 27.8 Å². The van der Waals surface area contributed by atoms with Gasteiger partial charge in [-0.05, 0) is 41.2 Å². The van der Waals surface area contributed by atoms with E-state index < -0.39 is 0 Å². The van der Waals surface area contributed by atoms with Crippen LogP contribution in [0.3, 0.4) is 0 Å². The molecule has 0 spiro atoms. The van der Waals surface area contributed by atoms with E-state index in [0.29, 0.717) is 0 Å². The summed E-state index contributed by atoms with van der Waals surface area (Å²) in [7, 11) is 0. The van der Waals surface area contributed by atoms with Gasteiger partial charge in [0.15, 0.2) is 0 Å². The molecule has 2 aromatic carbocycles. The quantitative estimate of drug-likeness (QED) is 0.505. The lowest BCUT2D eigenvalue weighted by molar-refractivity contribution is 1.22. The van der Waals surface area contributed by atoms with E-state index in [0.717, 1.165) is 6.42 Å². The first-order valence-electron chi connectivity index (χ1n) is 5.03. The standard InChI is InChI=1S/C14H12.CH4/c1-10-5-4-8-13-12-7-3-2-6-11(12)9-14(10)13;/h2-8H,9H2,1H3;1H4. The molecule has 15 heavy (non-hydrogen) atoms. The lowest BCUT2D eigenvalue weighted by Gasteiger charge is -2.02. The monoisotopic (exact) mass is 196 g/mol. The highest BCUT2D eigenvalue weighted by atomic mass is 14.2. The van der Waals surface area contributed by atoms with Crippen molar-refractivity contribution in [3.63, 3.8) is 0 Å². The Balaban J connectivity index is 0.000000853. The molecule has 0 amide bonds. The third-order valence-electron chi connectivity index (χ3n) is 3.09. The zero-order valence-electron chi connectivity index (χ0n) is 8.25. The van der Waals surface area contributed by atoms with E-state index in [4.69, 9.17) is 0 Å². The predicted octanol–water partition coefficient (Wildman–Crippen LogP) is 4.20. The molecule has 0 nitrogen and oxygen atoms in total. The molecule has 3 rings (SSSR count). The Morgan fingerprint density at radius 3 is 2.47 bits per heavy atom. The summed E-state index contributed by atoms with van der Waals surface area (Å²) in [4.78, 5) is 0. The van der Waals surface area contributed by atoms with Gasteiger partial charge in [0.25, 0.3) is 0 Å². The molecule has 1 aliphatic rings. The zero-order chi connectivity index (χ0) is 9.54. The Morgan fingerprint density at radius 2 is 1.60 bits per heavy atom. The molecule has 0 bridgehead atoms. The molecule has 0 N–H and O–H groups in total. The van der Waals surface area contributed by atoms with Gasteiger partial charge >= 0.3 is 0 Å². The first kappa shape index (κ1) is 9.97. The molecule has 0 aromatic heterocycles. The molecule has 1 aliphatic carbocycles. The molecule has 76 valence electrons. The van der Waals surface area contributed by atoms with Gasteiger partial charge in [0, 0.05) is 0 Å². The molecule has 0 fully saturated rings. The van der Waals surface area contributed by atoms with Crippen LogP contribution < -0.4 is 0 Å². The van der Waals surface area contributed by atoms with E-state index in [1.807, 2.05) is 0 Å². The highest BCUT2D eigenvalue weighted by Gasteiger charge is 2.18. The number of hydrogen-bond acceptors (Lipinski definition) is 0. The lowest BCUT2D eigenvalue weighted by Crippen LogP contribution is -1.84. The van der Waals surface area contributed by atoms with Gasteiger partial charge in [-0.25, -0.2) is 0 Å². The van der Waals surface area contributed by atoms with Gasteiger partial charge < -0.3 is 0 Å². The van der Waals surface area contributed by atoms with Crippen LogP contribution >= 0.6 is 0 Å². The number of benzene rings is 2. The smallest absolute Gasteiger partial charge is 0.00108 e. The fourth-order valence-corrected chi connectivity index (χ4v) is 2.32. The van der Waals surface area contributed by atoms with E-state index in [2.05, 4.69) is 49.4 Å². The van der Waals surface area contributed by atoms with Crippen molar-refractivity contribution in [3.8, 4) is 11.1 Å². The molecule has 2 aromatic rings. The molecule has 0 heterocycles. The van der Waals surface area contributed by atoms with Crippen LogP contribution in [0.25, 0.3) is 11.1 Å². The largest absolute Gasteiger partial charge is 0.0776 e. The Labute approximate surface area is 91.6 Å². The Hall–Kier alpha value is -1.56. The number of aryl methyl sites for hydroxylation is 1. The normalized spacial score (nSPS) is 11.5. The fourth-order valence-electron chi connectivity index (χ4n) is 2.32. The van der Waals surface area contributed by atoms with Crippen LogP contribution in [-0.2, 0) is 6.42 Å². The van der Waals surface area contributed by atoms with Crippen LogP contribution in [0.2, 0.25) is 0 Å². The van der Waals surface area contributed by atoms with Crippen LogP contribution in [0.15, 0.2) is 42.5 Å². The van der Waals surface area contributed by atoms with Crippen molar-refractivity contribution >= 4 is 0 Å². The SMILES string of the molecule is C.Cc1cccc2c1Cc1ccccc1-2. The second-order valence-electron chi connectivity index (χ2n) is 3.93. The van der Waals surface area contributed by atoms with E-state index >= 15 is 0 Å². The second kappa shape index (κ2) is 3.54. The summed E-state index contributed by atoms with van der Waals surface area (Å²) in [5.41, 5.74) is 7.25. The summed E-state index contributed by atoms with van der Waals surface area (Å²) in [5, 5.41) is 0. The third kappa shape index (κ3) is 1.37. The van der Waals surface area contributed by atoms with Crippen molar-refractivity contribution < 1.29 is 0 Å². The van der Waals surface area contributed by atoms with Gasteiger partial charge in [-0.15, -0.1) is 0 Å². The van der Waals surface area contributed by atoms with Gasteiger partial charge in [0.2, 0.25) is 0 Å². The first-order chi connectivity index (χ1) is 6.86. The molecular formula is C15H16. The maximum absolute atomic E-state index is 2.23. The molecule has 0 atom stereocenters. The molecule has 0 saturated carbocycles. The highest BCUT2D eigenvalue weighted by Crippen LogP contribution is 2.37. The van der Waals surface area contributed by atoms with Crippen LogP contribution in [0.1, 0.15) is 24.1 Å². The van der Waals surface area contributed by atoms with Crippen LogP contribution in [-0.4, -0.2) is 0 Å². The van der Waals surface area contributed by atoms with E-state index in [1.54, 1.807) is 0 Å². The topological polar surface area (TPSA) is 0 Å². The average Bonchev–Trinajstić information content (AvgIpc) is 2.59. The summed E-state index contributed by atoms with van der Waals surface area (Å²) in [6.07, 6.45) is 1.11. The van der Waals surface area contributed by atoms with Gasteiger partial charge in [-0.1, -0.05) is 49.9 Å². The first-order valence-corrected chi connectivity index (χ1v) is 5.03. The van der Waals surface area contributed by atoms with Crippen molar-refractivity contribution in [1.82, 2.24) is 0 Å². The molecule has 0 saturated heterocycles. The maximum Gasteiger partial charge on any atom is -0.00108 e. The minimum absolute atomic E-state index is 0. The van der Waals surface area contributed by atoms with E-state index in [-0.39, 0.29) is 7.43 Å². The highest BCUT2D eigenvalue weighted by molar-refractivity contribution is 5.77. The third-order valence-corrected chi connectivity index (χ3v) is 3.09. The molecular weight excluding hydrogens is 180 g/mol. The van der Waals surface area contributed by atoms with E-state index in [9.17, 15) is 0 Å². The van der Waals surface area contributed by atoms with Gasteiger partial charge in [0.1, 0.15) is 0 Å². The minimum atomic E-state index is 0. The summed E-state index contributed by atoms with van der Waals surface area (Å²) < 4.78 is 0. The second-order valence-corrected chi connectivity index (χ2v) is 3.93. The molecule has 0 unspecified atom stereocenters.